The van der Waals surface area contributed by atoms with Crippen LogP contribution in [0.4, 0.5) is 5.82 Å². The lowest BCUT2D eigenvalue weighted by Gasteiger charge is -2.26. The molecule has 0 spiro atoms. The van der Waals surface area contributed by atoms with Gasteiger partial charge in [-0.25, -0.2) is 18.1 Å². The van der Waals surface area contributed by atoms with Gasteiger partial charge in [0, 0.05) is 39.4 Å². The van der Waals surface area contributed by atoms with Gasteiger partial charge in [0.25, 0.3) is 0 Å². The molecule has 2 N–H and O–H groups in total. The smallest absolute Gasteiger partial charge is 0.242 e. The van der Waals surface area contributed by atoms with Crippen LogP contribution in [-0.4, -0.2) is 64.7 Å². The lowest BCUT2D eigenvalue weighted by Crippen LogP contribution is -2.41. The first-order chi connectivity index (χ1) is 9.62. The van der Waals surface area contributed by atoms with E-state index in [0.29, 0.717) is 32.1 Å². The Labute approximate surface area is 119 Å². The standard InChI is InChI=1S/C12H20N4O3S/c1-13-12-3-2-11(10-14-12)20(17,18)15-4-5-16-6-8-19-9-7-16/h2-3,10,15H,4-9H2,1H3,(H,13,14). The molecule has 2 heterocycles. The fraction of sp³-hybridized carbons (Fsp3) is 0.583. The van der Waals surface area contributed by atoms with E-state index in [1.54, 1.807) is 13.1 Å². The molecule has 7 nitrogen and oxygen atoms in total. The minimum atomic E-state index is -3.48. The Hall–Kier alpha value is -1.22. The van der Waals surface area contributed by atoms with Crippen molar-refractivity contribution in [2.75, 3.05) is 51.8 Å². The molecule has 1 aliphatic rings. The van der Waals surface area contributed by atoms with Crippen molar-refractivity contribution < 1.29 is 13.2 Å². The van der Waals surface area contributed by atoms with E-state index in [1.807, 2.05) is 0 Å². The average Bonchev–Trinajstić information content (AvgIpc) is 2.48. The number of anilines is 1. The summed E-state index contributed by atoms with van der Waals surface area (Å²) in [5.41, 5.74) is 0. The molecule has 0 saturated carbocycles. The number of hydrogen-bond acceptors (Lipinski definition) is 6. The largest absolute Gasteiger partial charge is 0.379 e. The number of nitrogens with zero attached hydrogens (tertiary/aromatic N) is 2. The summed E-state index contributed by atoms with van der Waals surface area (Å²) in [4.78, 5) is 6.36. The van der Waals surface area contributed by atoms with E-state index in [2.05, 4.69) is 19.9 Å². The van der Waals surface area contributed by atoms with Crippen molar-refractivity contribution in [3.05, 3.63) is 18.3 Å². The molecule has 112 valence electrons. The summed E-state index contributed by atoms with van der Waals surface area (Å²) in [6.07, 6.45) is 1.35. The summed E-state index contributed by atoms with van der Waals surface area (Å²) in [5.74, 6) is 0.636. The van der Waals surface area contributed by atoms with Gasteiger partial charge in [-0.15, -0.1) is 0 Å². The van der Waals surface area contributed by atoms with E-state index < -0.39 is 10.0 Å². The van der Waals surface area contributed by atoms with Gasteiger partial charge in [0.2, 0.25) is 10.0 Å². The van der Waals surface area contributed by atoms with Crippen molar-refractivity contribution >= 4 is 15.8 Å². The lowest BCUT2D eigenvalue weighted by atomic mass is 10.4. The summed E-state index contributed by atoms with van der Waals surface area (Å²) in [6, 6.07) is 3.17. The summed E-state index contributed by atoms with van der Waals surface area (Å²) in [7, 11) is -1.75. The second kappa shape index (κ2) is 6.98. The van der Waals surface area contributed by atoms with Crippen molar-refractivity contribution in [1.82, 2.24) is 14.6 Å². The van der Waals surface area contributed by atoms with E-state index >= 15 is 0 Å². The highest BCUT2D eigenvalue weighted by Gasteiger charge is 2.15. The maximum atomic E-state index is 12.1. The molecule has 1 aromatic heterocycles. The third kappa shape index (κ3) is 4.14. The van der Waals surface area contributed by atoms with Crippen molar-refractivity contribution in [2.45, 2.75) is 4.90 Å². The number of nitrogens with one attached hydrogen (secondary N) is 2. The van der Waals surface area contributed by atoms with Crippen LogP contribution in [0.5, 0.6) is 0 Å². The van der Waals surface area contributed by atoms with Gasteiger partial charge >= 0.3 is 0 Å². The van der Waals surface area contributed by atoms with Crippen LogP contribution in [0.3, 0.4) is 0 Å². The highest BCUT2D eigenvalue weighted by atomic mass is 32.2. The Kier molecular flexibility index (Phi) is 5.30. The molecule has 0 aromatic carbocycles. The van der Waals surface area contributed by atoms with Gasteiger partial charge in [-0.2, -0.15) is 0 Å². The van der Waals surface area contributed by atoms with Gasteiger partial charge in [-0.05, 0) is 12.1 Å². The predicted molar refractivity (Wildman–Crippen MR) is 76.2 cm³/mol. The van der Waals surface area contributed by atoms with Crippen molar-refractivity contribution in [1.29, 1.82) is 0 Å². The molecule has 0 radical (unpaired) electrons. The Morgan fingerprint density at radius 2 is 2.10 bits per heavy atom. The third-order valence-electron chi connectivity index (χ3n) is 3.13. The van der Waals surface area contributed by atoms with Crippen molar-refractivity contribution in [3.63, 3.8) is 0 Å². The van der Waals surface area contributed by atoms with Crippen LogP contribution >= 0.6 is 0 Å². The van der Waals surface area contributed by atoms with E-state index in [-0.39, 0.29) is 4.90 Å². The summed E-state index contributed by atoms with van der Waals surface area (Å²) in [5, 5.41) is 2.85. The number of pyridine rings is 1. The van der Waals surface area contributed by atoms with Crippen LogP contribution in [0.25, 0.3) is 0 Å². The van der Waals surface area contributed by atoms with Crippen LogP contribution < -0.4 is 10.0 Å². The Morgan fingerprint density at radius 3 is 2.70 bits per heavy atom. The van der Waals surface area contributed by atoms with Gasteiger partial charge in [-0.3, -0.25) is 4.90 Å². The number of hydrogen-bond donors (Lipinski definition) is 2. The molecule has 0 atom stereocenters. The van der Waals surface area contributed by atoms with Gasteiger partial charge in [0.05, 0.1) is 13.2 Å². The molecule has 1 saturated heterocycles. The highest BCUT2D eigenvalue weighted by Crippen LogP contribution is 2.09. The Morgan fingerprint density at radius 1 is 1.35 bits per heavy atom. The molecule has 8 heteroatoms. The van der Waals surface area contributed by atoms with Gasteiger partial charge in [0.15, 0.2) is 0 Å². The average molecular weight is 300 g/mol. The van der Waals surface area contributed by atoms with Crippen molar-refractivity contribution in [2.24, 2.45) is 0 Å². The first-order valence-corrected chi connectivity index (χ1v) is 8.04. The van der Waals surface area contributed by atoms with Crippen LogP contribution in [0.1, 0.15) is 0 Å². The molecular formula is C12H20N4O3S. The van der Waals surface area contributed by atoms with Gasteiger partial charge < -0.3 is 10.1 Å². The number of aromatic nitrogens is 1. The normalized spacial score (nSPS) is 17.1. The third-order valence-corrected chi connectivity index (χ3v) is 4.57. The molecule has 0 amide bonds. The monoisotopic (exact) mass is 300 g/mol. The SMILES string of the molecule is CNc1ccc(S(=O)(=O)NCCN2CCOCC2)cn1. The first kappa shape index (κ1) is 15.2. The van der Waals surface area contributed by atoms with Gasteiger partial charge in [-0.1, -0.05) is 0 Å². The molecule has 0 aliphatic carbocycles. The van der Waals surface area contributed by atoms with E-state index in [1.165, 1.54) is 12.3 Å². The molecule has 0 bridgehead atoms. The molecule has 1 aliphatic heterocycles. The summed E-state index contributed by atoms with van der Waals surface area (Å²) < 4.78 is 32.0. The minimum absolute atomic E-state index is 0.179. The zero-order valence-electron chi connectivity index (χ0n) is 11.5. The van der Waals surface area contributed by atoms with Crippen LogP contribution in [-0.2, 0) is 14.8 Å². The number of rotatable bonds is 6. The maximum Gasteiger partial charge on any atom is 0.242 e. The zero-order chi connectivity index (χ0) is 14.4. The minimum Gasteiger partial charge on any atom is -0.379 e. The van der Waals surface area contributed by atoms with Crippen LogP contribution in [0.15, 0.2) is 23.2 Å². The molecule has 0 unspecified atom stereocenters. The zero-order valence-corrected chi connectivity index (χ0v) is 12.3. The fourth-order valence-electron chi connectivity index (χ4n) is 1.93. The summed E-state index contributed by atoms with van der Waals surface area (Å²) >= 11 is 0. The Bertz CT molecular complexity index is 512. The molecule has 1 aromatic rings. The second-order valence-corrected chi connectivity index (χ2v) is 6.25. The molecule has 20 heavy (non-hydrogen) atoms. The summed E-state index contributed by atoms with van der Waals surface area (Å²) in [6.45, 7) is 4.19. The van der Waals surface area contributed by atoms with Crippen LogP contribution in [0.2, 0.25) is 0 Å². The second-order valence-electron chi connectivity index (χ2n) is 4.48. The van der Waals surface area contributed by atoms with E-state index in [0.717, 1.165) is 13.1 Å². The van der Waals surface area contributed by atoms with E-state index in [4.69, 9.17) is 4.74 Å². The van der Waals surface area contributed by atoms with E-state index in [9.17, 15) is 8.42 Å². The molecular weight excluding hydrogens is 280 g/mol. The van der Waals surface area contributed by atoms with Gasteiger partial charge in [0.1, 0.15) is 10.7 Å². The molecule has 1 fully saturated rings. The Balaban J connectivity index is 1.86. The highest BCUT2D eigenvalue weighted by molar-refractivity contribution is 7.89. The number of morpholine rings is 1. The fourth-order valence-corrected chi connectivity index (χ4v) is 2.90. The van der Waals surface area contributed by atoms with Crippen molar-refractivity contribution in [3.8, 4) is 0 Å². The number of sulfonamides is 1. The predicted octanol–water partition coefficient (Wildman–Crippen LogP) is -0.266. The van der Waals surface area contributed by atoms with Crippen LogP contribution in [0, 0.1) is 0 Å². The quantitative estimate of drug-likeness (QED) is 0.753. The lowest BCUT2D eigenvalue weighted by molar-refractivity contribution is 0.0390. The number of ether oxygens (including phenoxy) is 1. The first-order valence-electron chi connectivity index (χ1n) is 6.55. The maximum absolute atomic E-state index is 12.1. The topological polar surface area (TPSA) is 83.6 Å². The molecule has 2 rings (SSSR count).